The molecule has 11 heteroatoms. The lowest BCUT2D eigenvalue weighted by atomic mass is 10.1. The highest BCUT2D eigenvalue weighted by atomic mass is 16.6. The molecular weight excluding hydrogens is 536 g/mol. The fourth-order valence-electron chi connectivity index (χ4n) is 5.50. The van der Waals surface area contributed by atoms with Crippen molar-refractivity contribution in [2.24, 2.45) is 0 Å². The van der Waals surface area contributed by atoms with Crippen LogP contribution in [0.5, 0.6) is 5.75 Å². The van der Waals surface area contributed by atoms with Crippen LogP contribution in [0.15, 0.2) is 42.7 Å². The topological polar surface area (TPSA) is 99.9 Å². The molecule has 0 aliphatic carbocycles. The second-order valence-corrected chi connectivity index (χ2v) is 12.0. The molecule has 0 spiro atoms. The number of pyridine rings is 1. The molecule has 2 aliphatic heterocycles. The summed E-state index contributed by atoms with van der Waals surface area (Å²) in [5.74, 6) is 0.435. The Balaban J connectivity index is 1.32. The number of aromatic nitrogens is 2. The van der Waals surface area contributed by atoms with Gasteiger partial charge in [0.2, 0.25) is 5.91 Å². The molecule has 1 aromatic carbocycles. The van der Waals surface area contributed by atoms with Crippen LogP contribution in [0.2, 0.25) is 0 Å². The molecule has 1 unspecified atom stereocenters. The van der Waals surface area contributed by atoms with Crippen LogP contribution in [0.1, 0.15) is 56.8 Å². The van der Waals surface area contributed by atoms with Gasteiger partial charge in [-0.1, -0.05) is 12.1 Å². The number of urea groups is 1. The number of carbonyl (C=O) groups is 3. The average Bonchev–Trinajstić information content (AvgIpc) is 3.37. The first kappa shape index (κ1) is 29.4. The molecular formula is C31H40N6O5. The van der Waals surface area contributed by atoms with E-state index in [0.29, 0.717) is 24.5 Å². The molecule has 0 saturated carbocycles. The van der Waals surface area contributed by atoms with Crippen molar-refractivity contribution in [2.45, 2.75) is 59.2 Å². The minimum Gasteiger partial charge on any atom is -0.496 e. The number of hydrogen-bond acceptors (Lipinski definition) is 7. The van der Waals surface area contributed by atoms with Gasteiger partial charge in [-0.2, -0.15) is 5.10 Å². The number of carbonyl (C=O) groups excluding carboxylic acids is 3. The maximum absolute atomic E-state index is 13.7. The van der Waals surface area contributed by atoms with Crippen molar-refractivity contribution in [3.63, 3.8) is 0 Å². The van der Waals surface area contributed by atoms with Gasteiger partial charge >= 0.3 is 12.1 Å². The number of anilines is 1. The van der Waals surface area contributed by atoms with Crippen LogP contribution >= 0.6 is 0 Å². The summed E-state index contributed by atoms with van der Waals surface area (Å²) >= 11 is 0. The first-order valence-electron chi connectivity index (χ1n) is 14.4. The molecule has 4 heterocycles. The lowest BCUT2D eigenvalue weighted by Gasteiger charge is -2.38. The second kappa shape index (κ2) is 11.6. The van der Waals surface area contributed by atoms with Crippen molar-refractivity contribution < 1.29 is 23.9 Å². The molecule has 1 atom stereocenters. The highest BCUT2D eigenvalue weighted by molar-refractivity contribution is 6.07. The number of rotatable bonds is 6. The number of hydrogen-bond donors (Lipinski definition) is 0. The van der Waals surface area contributed by atoms with Gasteiger partial charge in [0.05, 0.1) is 31.1 Å². The zero-order valence-electron chi connectivity index (χ0n) is 25.3. The monoisotopic (exact) mass is 576 g/mol. The summed E-state index contributed by atoms with van der Waals surface area (Å²) in [5.41, 5.74) is 3.83. The van der Waals surface area contributed by atoms with Crippen LogP contribution in [-0.4, -0.2) is 87.8 Å². The van der Waals surface area contributed by atoms with E-state index in [0.717, 1.165) is 35.3 Å². The van der Waals surface area contributed by atoms with Gasteiger partial charge in [-0.25, -0.2) is 14.1 Å². The minimum absolute atomic E-state index is 0.0858. The summed E-state index contributed by atoms with van der Waals surface area (Å²) in [6, 6.07) is 9.54. The van der Waals surface area contributed by atoms with E-state index in [4.69, 9.17) is 9.47 Å². The number of benzene rings is 1. The third kappa shape index (κ3) is 6.06. The van der Waals surface area contributed by atoms with E-state index in [-0.39, 0.29) is 43.6 Å². The van der Waals surface area contributed by atoms with Crippen molar-refractivity contribution in [1.82, 2.24) is 24.3 Å². The number of fused-ring (bicyclic) bond motifs is 1. The van der Waals surface area contributed by atoms with Crippen molar-refractivity contribution in [1.29, 1.82) is 0 Å². The summed E-state index contributed by atoms with van der Waals surface area (Å²) in [6.07, 6.45) is 3.52. The Morgan fingerprint density at radius 2 is 1.79 bits per heavy atom. The standard InChI is InChI=1S/C31H40N6O5/c1-21-7-8-24(27(17-21)41-6)20-36-28(38)10-11-35(29(36)39)26-19-32-37-12-9-23(18-25(26)37)22(2)33-13-15-34(16-14-33)30(40)42-31(3,4)5/h7-9,12,17-19,22H,10-11,13-16,20H2,1-6H3. The molecule has 0 bridgehead atoms. The number of nitrogens with zero attached hydrogens (tertiary/aromatic N) is 6. The lowest BCUT2D eigenvalue weighted by molar-refractivity contribution is -0.129. The third-order valence-corrected chi connectivity index (χ3v) is 7.90. The first-order valence-corrected chi connectivity index (χ1v) is 14.4. The van der Waals surface area contributed by atoms with Crippen molar-refractivity contribution in [2.75, 3.05) is 44.7 Å². The lowest BCUT2D eigenvalue weighted by Crippen LogP contribution is -2.52. The Morgan fingerprint density at radius 3 is 2.48 bits per heavy atom. The molecule has 5 rings (SSSR count). The number of amides is 4. The molecule has 0 radical (unpaired) electrons. The van der Waals surface area contributed by atoms with E-state index in [1.807, 2.05) is 58.2 Å². The van der Waals surface area contributed by atoms with Gasteiger partial charge < -0.3 is 14.4 Å². The summed E-state index contributed by atoms with van der Waals surface area (Å²) in [7, 11) is 1.59. The van der Waals surface area contributed by atoms with Gasteiger partial charge in [0.15, 0.2) is 0 Å². The molecule has 224 valence electrons. The molecule has 2 aliphatic rings. The quantitative estimate of drug-likeness (QED) is 0.422. The molecule has 0 N–H and O–H groups in total. The predicted molar refractivity (Wildman–Crippen MR) is 159 cm³/mol. The predicted octanol–water partition coefficient (Wildman–Crippen LogP) is 4.62. The fourth-order valence-corrected chi connectivity index (χ4v) is 5.50. The maximum atomic E-state index is 13.7. The van der Waals surface area contributed by atoms with E-state index >= 15 is 0 Å². The molecule has 42 heavy (non-hydrogen) atoms. The second-order valence-electron chi connectivity index (χ2n) is 12.0. The summed E-state index contributed by atoms with van der Waals surface area (Å²) < 4.78 is 12.8. The van der Waals surface area contributed by atoms with Crippen molar-refractivity contribution in [3.05, 3.63) is 59.4 Å². The van der Waals surface area contributed by atoms with E-state index in [1.165, 1.54) is 4.90 Å². The first-order chi connectivity index (χ1) is 19.9. The molecule has 3 aromatic rings. The van der Waals surface area contributed by atoms with Gasteiger partial charge in [-0.15, -0.1) is 0 Å². The number of imide groups is 1. The highest BCUT2D eigenvalue weighted by Crippen LogP contribution is 2.31. The largest absolute Gasteiger partial charge is 0.496 e. The Bertz CT molecular complexity index is 1490. The number of methoxy groups -OCH3 is 1. The van der Waals surface area contributed by atoms with E-state index < -0.39 is 5.60 Å². The molecule has 2 fully saturated rings. The summed E-state index contributed by atoms with van der Waals surface area (Å²) in [4.78, 5) is 46.1. The normalized spacial score (nSPS) is 17.6. The molecule has 2 aromatic heterocycles. The summed E-state index contributed by atoms with van der Waals surface area (Å²) in [6.45, 7) is 12.8. The van der Waals surface area contributed by atoms with Crippen molar-refractivity contribution in [3.8, 4) is 5.75 Å². The zero-order valence-corrected chi connectivity index (χ0v) is 25.3. The highest BCUT2D eigenvalue weighted by Gasteiger charge is 2.35. The van der Waals surface area contributed by atoms with Crippen LogP contribution in [0.3, 0.4) is 0 Å². The number of piperazine rings is 1. The molecule has 11 nitrogen and oxygen atoms in total. The summed E-state index contributed by atoms with van der Waals surface area (Å²) in [5, 5.41) is 4.49. The van der Waals surface area contributed by atoms with E-state index in [2.05, 4.69) is 23.0 Å². The SMILES string of the molecule is COc1cc(C)ccc1CN1C(=O)CCN(c2cnn3ccc(C(C)N4CCN(C(=O)OC(C)(C)C)CC4)cc23)C1=O. The van der Waals surface area contributed by atoms with Gasteiger partial charge in [0.1, 0.15) is 11.4 Å². The van der Waals surface area contributed by atoms with Crippen LogP contribution in [0.4, 0.5) is 15.3 Å². The van der Waals surface area contributed by atoms with Crippen LogP contribution in [0, 0.1) is 6.92 Å². The number of ether oxygens (including phenoxy) is 2. The van der Waals surface area contributed by atoms with E-state index in [1.54, 1.807) is 27.6 Å². The fraction of sp³-hybridized carbons (Fsp3) is 0.484. The maximum Gasteiger partial charge on any atom is 0.410 e. The Kier molecular flexibility index (Phi) is 8.14. The van der Waals surface area contributed by atoms with Gasteiger partial charge in [-0.3, -0.25) is 19.5 Å². The van der Waals surface area contributed by atoms with E-state index in [9.17, 15) is 14.4 Å². The number of aryl methyl sites for hydroxylation is 1. The van der Waals surface area contributed by atoms with Crippen LogP contribution < -0.4 is 9.64 Å². The molecule has 2 saturated heterocycles. The minimum atomic E-state index is -0.520. The van der Waals surface area contributed by atoms with Crippen molar-refractivity contribution >= 4 is 29.2 Å². The smallest absolute Gasteiger partial charge is 0.410 e. The zero-order chi connectivity index (χ0) is 30.2. The van der Waals surface area contributed by atoms with Gasteiger partial charge in [0, 0.05) is 56.9 Å². The van der Waals surface area contributed by atoms with Crippen LogP contribution in [-0.2, 0) is 16.1 Å². The Morgan fingerprint density at radius 1 is 1.05 bits per heavy atom. The average molecular weight is 577 g/mol. The molecule has 4 amide bonds. The Hall–Kier alpha value is -4.12. The van der Waals surface area contributed by atoms with Gasteiger partial charge in [-0.05, 0) is 63.9 Å². The Labute approximate surface area is 246 Å². The van der Waals surface area contributed by atoms with Crippen LogP contribution in [0.25, 0.3) is 5.52 Å². The third-order valence-electron chi connectivity index (χ3n) is 7.90. The van der Waals surface area contributed by atoms with Gasteiger partial charge in [0.25, 0.3) is 0 Å².